The van der Waals surface area contributed by atoms with Gasteiger partial charge >= 0.3 is 0 Å². The molecule has 1 aromatic carbocycles. The highest BCUT2D eigenvalue weighted by Gasteiger charge is 2.34. The van der Waals surface area contributed by atoms with Gasteiger partial charge in [-0.25, -0.2) is 22.8 Å². The van der Waals surface area contributed by atoms with E-state index in [4.69, 9.17) is 4.98 Å². The van der Waals surface area contributed by atoms with Gasteiger partial charge in [-0.2, -0.15) is 4.31 Å². The highest BCUT2D eigenvalue weighted by molar-refractivity contribution is 7.89. The molecule has 2 aromatic heterocycles. The molecule has 0 bridgehead atoms. The molecule has 29 heavy (non-hydrogen) atoms. The SMILES string of the molecule is O=S(=O)(c1cccc(F)c1)N1CCCC(Cn2c(C3CC3)nc3cccnc32)C1. The predicted octanol–water partition coefficient (Wildman–Crippen LogP) is 3.55. The summed E-state index contributed by atoms with van der Waals surface area (Å²) >= 11 is 0. The first-order chi connectivity index (χ1) is 14.0. The van der Waals surface area contributed by atoms with Gasteiger partial charge in [-0.3, -0.25) is 0 Å². The number of piperidine rings is 1. The Balaban J connectivity index is 1.41. The van der Waals surface area contributed by atoms with Crippen LogP contribution in [0.1, 0.15) is 37.4 Å². The molecule has 1 unspecified atom stereocenters. The van der Waals surface area contributed by atoms with E-state index in [2.05, 4.69) is 9.55 Å². The van der Waals surface area contributed by atoms with Crippen molar-refractivity contribution in [1.82, 2.24) is 18.8 Å². The molecule has 3 aromatic rings. The van der Waals surface area contributed by atoms with E-state index < -0.39 is 15.8 Å². The summed E-state index contributed by atoms with van der Waals surface area (Å²) in [6.45, 7) is 1.59. The monoisotopic (exact) mass is 414 g/mol. The Bertz CT molecular complexity index is 1160. The summed E-state index contributed by atoms with van der Waals surface area (Å²) in [5.74, 6) is 1.19. The molecule has 0 spiro atoms. The largest absolute Gasteiger partial charge is 0.312 e. The molecule has 1 aliphatic carbocycles. The van der Waals surface area contributed by atoms with E-state index in [1.165, 1.54) is 22.5 Å². The van der Waals surface area contributed by atoms with Gasteiger partial charge in [-0.05, 0) is 61.9 Å². The van der Waals surface area contributed by atoms with Crippen LogP contribution in [-0.4, -0.2) is 40.3 Å². The molecule has 0 amide bonds. The zero-order chi connectivity index (χ0) is 20.0. The van der Waals surface area contributed by atoms with E-state index in [0.29, 0.717) is 25.6 Å². The maximum absolute atomic E-state index is 13.6. The molecule has 1 aliphatic heterocycles. The highest BCUT2D eigenvalue weighted by atomic mass is 32.2. The van der Waals surface area contributed by atoms with Gasteiger partial charge < -0.3 is 4.57 Å². The van der Waals surface area contributed by atoms with Crippen LogP contribution in [0, 0.1) is 11.7 Å². The molecular weight excluding hydrogens is 391 g/mol. The van der Waals surface area contributed by atoms with E-state index in [9.17, 15) is 12.8 Å². The minimum Gasteiger partial charge on any atom is -0.312 e. The van der Waals surface area contributed by atoms with Crippen LogP contribution in [0.5, 0.6) is 0 Å². The van der Waals surface area contributed by atoms with Crippen LogP contribution in [0.4, 0.5) is 4.39 Å². The van der Waals surface area contributed by atoms with Crippen molar-refractivity contribution < 1.29 is 12.8 Å². The number of pyridine rings is 1. The minimum absolute atomic E-state index is 0.0200. The van der Waals surface area contributed by atoms with Crippen molar-refractivity contribution in [1.29, 1.82) is 0 Å². The number of nitrogens with zero attached hydrogens (tertiary/aromatic N) is 4. The first kappa shape index (κ1) is 18.7. The van der Waals surface area contributed by atoms with Crippen molar-refractivity contribution in [2.75, 3.05) is 13.1 Å². The fourth-order valence-electron chi connectivity index (χ4n) is 4.24. The number of aromatic nitrogens is 3. The molecule has 1 atom stereocenters. The Kier molecular flexibility index (Phi) is 4.63. The number of benzene rings is 1. The molecular formula is C21H23FN4O2S. The summed E-state index contributed by atoms with van der Waals surface area (Å²) in [4.78, 5) is 9.34. The van der Waals surface area contributed by atoms with Crippen molar-refractivity contribution >= 4 is 21.2 Å². The Morgan fingerprint density at radius 3 is 2.79 bits per heavy atom. The van der Waals surface area contributed by atoms with Crippen LogP contribution < -0.4 is 0 Å². The molecule has 1 saturated carbocycles. The zero-order valence-corrected chi connectivity index (χ0v) is 16.9. The van der Waals surface area contributed by atoms with Crippen molar-refractivity contribution in [2.24, 2.45) is 5.92 Å². The molecule has 152 valence electrons. The molecule has 5 rings (SSSR count). The van der Waals surface area contributed by atoms with E-state index in [1.807, 2.05) is 12.1 Å². The first-order valence-electron chi connectivity index (χ1n) is 10.1. The first-order valence-corrected chi connectivity index (χ1v) is 11.5. The fraction of sp³-hybridized carbons (Fsp3) is 0.429. The van der Waals surface area contributed by atoms with Gasteiger partial charge in [0.25, 0.3) is 0 Å². The second-order valence-corrected chi connectivity index (χ2v) is 9.97. The molecule has 2 aliphatic rings. The van der Waals surface area contributed by atoms with Gasteiger partial charge in [0.15, 0.2) is 5.65 Å². The summed E-state index contributed by atoms with van der Waals surface area (Å²) in [6, 6.07) is 9.12. The van der Waals surface area contributed by atoms with Gasteiger partial charge in [0.2, 0.25) is 10.0 Å². The lowest BCUT2D eigenvalue weighted by Crippen LogP contribution is -2.41. The lowest BCUT2D eigenvalue weighted by atomic mass is 9.99. The molecule has 2 fully saturated rings. The summed E-state index contributed by atoms with van der Waals surface area (Å²) in [7, 11) is -3.70. The third-order valence-corrected chi connectivity index (χ3v) is 7.69. The lowest BCUT2D eigenvalue weighted by molar-refractivity contribution is 0.245. The summed E-state index contributed by atoms with van der Waals surface area (Å²) in [5, 5.41) is 0. The van der Waals surface area contributed by atoms with Crippen molar-refractivity contribution in [3.05, 3.63) is 54.2 Å². The highest BCUT2D eigenvalue weighted by Crippen LogP contribution is 2.41. The van der Waals surface area contributed by atoms with Crippen LogP contribution >= 0.6 is 0 Å². The number of hydrogen-bond donors (Lipinski definition) is 0. The average Bonchev–Trinajstić information content (AvgIpc) is 3.51. The average molecular weight is 415 g/mol. The number of imidazole rings is 1. The molecule has 6 nitrogen and oxygen atoms in total. The fourth-order valence-corrected chi connectivity index (χ4v) is 5.82. The number of fused-ring (bicyclic) bond motifs is 1. The van der Waals surface area contributed by atoms with Gasteiger partial charge in [-0.1, -0.05) is 6.07 Å². The van der Waals surface area contributed by atoms with Crippen molar-refractivity contribution in [3.63, 3.8) is 0 Å². The second kappa shape index (κ2) is 7.18. The standard InChI is InChI=1S/C21H23FN4O2S/c22-17-5-1-6-18(12-17)29(27,28)25-11-3-4-15(13-25)14-26-20(16-8-9-16)24-19-7-2-10-23-21(19)26/h1-2,5-7,10,12,15-16H,3-4,8-9,11,13-14H2. The van der Waals surface area contributed by atoms with E-state index in [0.717, 1.165) is 48.7 Å². The Morgan fingerprint density at radius 2 is 2.00 bits per heavy atom. The number of halogens is 1. The number of rotatable bonds is 5. The third kappa shape index (κ3) is 3.55. The van der Waals surface area contributed by atoms with Gasteiger partial charge in [0.05, 0.1) is 4.90 Å². The van der Waals surface area contributed by atoms with Crippen molar-refractivity contribution in [3.8, 4) is 0 Å². The molecule has 0 radical (unpaired) electrons. The number of sulfonamides is 1. The van der Waals surface area contributed by atoms with Crippen molar-refractivity contribution in [2.45, 2.75) is 43.0 Å². The molecule has 3 heterocycles. The predicted molar refractivity (Wildman–Crippen MR) is 107 cm³/mol. The second-order valence-electron chi connectivity index (χ2n) is 8.03. The maximum Gasteiger partial charge on any atom is 0.243 e. The van der Waals surface area contributed by atoms with Gasteiger partial charge in [0.1, 0.15) is 17.2 Å². The normalized spacial score (nSPS) is 20.9. The Labute approximate surface area is 169 Å². The lowest BCUT2D eigenvalue weighted by Gasteiger charge is -2.32. The Hall–Kier alpha value is -2.32. The molecule has 0 N–H and O–H groups in total. The van der Waals surface area contributed by atoms with E-state index in [-0.39, 0.29) is 10.8 Å². The molecule has 8 heteroatoms. The van der Waals surface area contributed by atoms with Crippen LogP contribution in [0.3, 0.4) is 0 Å². The van der Waals surface area contributed by atoms with Crippen LogP contribution in [0.25, 0.3) is 11.2 Å². The smallest absolute Gasteiger partial charge is 0.243 e. The van der Waals surface area contributed by atoms with Gasteiger partial charge in [-0.15, -0.1) is 0 Å². The van der Waals surface area contributed by atoms with E-state index in [1.54, 1.807) is 6.20 Å². The zero-order valence-electron chi connectivity index (χ0n) is 16.0. The van der Waals surface area contributed by atoms with Crippen LogP contribution in [0.2, 0.25) is 0 Å². The van der Waals surface area contributed by atoms with Crippen LogP contribution in [-0.2, 0) is 16.6 Å². The van der Waals surface area contributed by atoms with Gasteiger partial charge in [0, 0.05) is 31.7 Å². The quantitative estimate of drug-likeness (QED) is 0.640. The topological polar surface area (TPSA) is 68.1 Å². The van der Waals surface area contributed by atoms with Crippen LogP contribution in [0.15, 0.2) is 47.5 Å². The maximum atomic E-state index is 13.6. The number of hydrogen-bond acceptors (Lipinski definition) is 4. The third-order valence-electron chi connectivity index (χ3n) is 5.83. The minimum atomic E-state index is -3.70. The summed E-state index contributed by atoms with van der Waals surface area (Å²) in [5.41, 5.74) is 1.77. The van der Waals surface area contributed by atoms with E-state index >= 15 is 0 Å². The summed E-state index contributed by atoms with van der Waals surface area (Å²) < 4.78 is 43.3. The molecule has 1 saturated heterocycles. The Morgan fingerprint density at radius 1 is 1.14 bits per heavy atom. The summed E-state index contributed by atoms with van der Waals surface area (Å²) in [6.07, 6.45) is 5.81.